The second-order valence-corrected chi connectivity index (χ2v) is 4.29. The van der Waals surface area contributed by atoms with Crippen molar-refractivity contribution in [2.75, 3.05) is 7.11 Å². The van der Waals surface area contributed by atoms with E-state index in [9.17, 15) is 0 Å². The number of methoxy groups -OCH3 is 1. The third-order valence-corrected chi connectivity index (χ3v) is 3.02. The SMILES string of the molecule is COc1ccc(Oc2ccc3ccccc3c2)cc1. The molecular weight excluding hydrogens is 236 g/mol. The van der Waals surface area contributed by atoms with Crippen molar-refractivity contribution in [3.05, 3.63) is 66.7 Å². The van der Waals surface area contributed by atoms with E-state index in [1.807, 2.05) is 48.5 Å². The largest absolute Gasteiger partial charge is 0.497 e. The zero-order valence-electron chi connectivity index (χ0n) is 10.7. The van der Waals surface area contributed by atoms with Gasteiger partial charge in [0.05, 0.1) is 7.11 Å². The Morgan fingerprint density at radius 1 is 0.632 bits per heavy atom. The Morgan fingerprint density at radius 2 is 1.26 bits per heavy atom. The molecule has 3 aromatic carbocycles. The zero-order valence-corrected chi connectivity index (χ0v) is 10.7. The highest BCUT2D eigenvalue weighted by molar-refractivity contribution is 5.83. The summed E-state index contributed by atoms with van der Waals surface area (Å²) in [7, 11) is 1.65. The molecule has 0 aromatic heterocycles. The molecule has 0 bridgehead atoms. The Bertz CT molecular complexity index is 687. The summed E-state index contributed by atoms with van der Waals surface area (Å²) in [6, 6.07) is 21.9. The van der Waals surface area contributed by atoms with Crippen LogP contribution in [0.25, 0.3) is 10.8 Å². The lowest BCUT2D eigenvalue weighted by atomic mass is 10.1. The van der Waals surface area contributed by atoms with Gasteiger partial charge in [0, 0.05) is 0 Å². The summed E-state index contributed by atoms with van der Waals surface area (Å²) in [4.78, 5) is 0. The molecule has 0 N–H and O–H groups in total. The first-order valence-corrected chi connectivity index (χ1v) is 6.16. The van der Waals surface area contributed by atoms with E-state index in [4.69, 9.17) is 9.47 Å². The summed E-state index contributed by atoms with van der Waals surface area (Å²) < 4.78 is 11.0. The van der Waals surface area contributed by atoms with Gasteiger partial charge in [0.25, 0.3) is 0 Å². The number of fused-ring (bicyclic) bond motifs is 1. The molecule has 0 fully saturated rings. The van der Waals surface area contributed by atoms with Crippen LogP contribution in [0.15, 0.2) is 66.7 Å². The van der Waals surface area contributed by atoms with E-state index in [1.54, 1.807) is 7.11 Å². The minimum Gasteiger partial charge on any atom is -0.497 e. The van der Waals surface area contributed by atoms with E-state index in [2.05, 4.69) is 18.2 Å². The first kappa shape index (κ1) is 11.6. The Morgan fingerprint density at radius 3 is 2.00 bits per heavy atom. The minimum atomic E-state index is 0.802. The molecular formula is C17H14O2. The van der Waals surface area contributed by atoms with E-state index in [0.717, 1.165) is 17.2 Å². The van der Waals surface area contributed by atoms with Crippen molar-refractivity contribution >= 4 is 10.8 Å². The Kier molecular flexibility index (Phi) is 3.07. The van der Waals surface area contributed by atoms with Gasteiger partial charge < -0.3 is 9.47 Å². The highest BCUT2D eigenvalue weighted by atomic mass is 16.5. The summed E-state index contributed by atoms with van der Waals surface area (Å²) in [6.45, 7) is 0. The van der Waals surface area contributed by atoms with Gasteiger partial charge in [-0.05, 0) is 47.2 Å². The fraction of sp³-hybridized carbons (Fsp3) is 0.0588. The van der Waals surface area contributed by atoms with Crippen LogP contribution in [0.5, 0.6) is 17.2 Å². The first-order valence-electron chi connectivity index (χ1n) is 6.16. The molecule has 0 unspecified atom stereocenters. The normalized spacial score (nSPS) is 10.4. The van der Waals surface area contributed by atoms with Gasteiger partial charge in [-0.15, -0.1) is 0 Å². The van der Waals surface area contributed by atoms with Crippen LogP contribution in [0, 0.1) is 0 Å². The molecule has 3 aromatic rings. The van der Waals surface area contributed by atoms with E-state index < -0.39 is 0 Å². The maximum atomic E-state index is 5.83. The quantitative estimate of drug-likeness (QED) is 0.674. The van der Waals surface area contributed by atoms with Crippen LogP contribution in [0.2, 0.25) is 0 Å². The van der Waals surface area contributed by atoms with Crippen molar-refractivity contribution in [2.45, 2.75) is 0 Å². The van der Waals surface area contributed by atoms with E-state index >= 15 is 0 Å². The molecule has 0 aliphatic heterocycles. The molecule has 0 aliphatic rings. The second-order valence-electron chi connectivity index (χ2n) is 4.29. The third kappa shape index (κ3) is 2.52. The van der Waals surface area contributed by atoms with Crippen LogP contribution in [-0.4, -0.2) is 7.11 Å². The monoisotopic (exact) mass is 250 g/mol. The van der Waals surface area contributed by atoms with Gasteiger partial charge in [0.2, 0.25) is 0 Å². The lowest BCUT2D eigenvalue weighted by Crippen LogP contribution is -1.85. The number of benzene rings is 3. The fourth-order valence-electron chi connectivity index (χ4n) is 2.01. The molecule has 0 spiro atoms. The second kappa shape index (κ2) is 5.02. The third-order valence-electron chi connectivity index (χ3n) is 3.02. The van der Waals surface area contributed by atoms with Crippen LogP contribution in [0.4, 0.5) is 0 Å². The average Bonchev–Trinajstić information content (AvgIpc) is 2.48. The van der Waals surface area contributed by atoms with E-state index in [0.29, 0.717) is 0 Å². The summed E-state index contributed by atoms with van der Waals surface area (Å²) in [6.07, 6.45) is 0. The van der Waals surface area contributed by atoms with Gasteiger partial charge in [-0.3, -0.25) is 0 Å². The topological polar surface area (TPSA) is 18.5 Å². The van der Waals surface area contributed by atoms with Crippen LogP contribution in [0.3, 0.4) is 0 Å². The van der Waals surface area contributed by atoms with Gasteiger partial charge in [0.1, 0.15) is 17.2 Å². The molecule has 3 rings (SSSR count). The number of rotatable bonds is 3. The molecule has 0 amide bonds. The molecule has 2 heteroatoms. The molecule has 0 saturated heterocycles. The Balaban J connectivity index is 1.87. The Labute approximate surface area is 112 Å². The van der Waals surface area contributed by atoms with Gasteiger partial charge in [0.15, 0.2) is 0 Å². The van der Waals surface area contributed by atoms with Crippen LogP contribution < -0.4 is 9.47 Å². The predicted molar refractivity (Wildman–Crippen MR) is 77.0 cm³/mol. The molecule has 0 aliphatic carbocycles. The van der Waals surface area contributed by atoms with E-state index in [1.165, 1.54) is 10.8 Å². The van der Waals surface area contributed by atoms with Crippen molar-refractivity contribution in [3.8, 4) is 17.2 Å². The van der Waals surface area contributed by atoms with Crippen molar-refractivity contribution < 1.29 is 9.47 Å². The molecule has 94 valence electrons. The van der Waals surface area contributed by atoms with E-state index in [-0.39, 0.29) is 0 Å². The van der Waals surface area contributed by atoms with Crippen LogP contribution in [0.1, 0.15) is 0 Å². The lowest BCUT2D eigenvalue weighted by molar-refractivity contribution is 0.413. The highest BCUT2D eigenvalue weighted by Crippen LogP contribution is 2.26. The summed E-state index contributed by atoms with van der Waals surface area (Å²) in [5, 5.41) is 2.39. The summed E-state index contributed by atoms with van der Waals surface area (Å²) in [5.74, 6) is 2.46. The smallest absolute Gasteiger partial charge is 0.128 e. The van der Waals surface area contributed by atoms with Crippen molar-refractivity contribution in [3.63, 3.8) is 0 Å². The molecule has 2 nitrogen and oxygen atoms in total. The average molecular weight is 250 g/mol. The van der Waals surface area contributed by atoms with Gasteiger partial charge in [-0.2, -0.15) is 0 Å². The zero-order chi connectivity index (χ0) is 13.1. The number of hydrogen-bond donors (Lipinski definition) is 0. The molecule has 19 heavy (non-hydrogen) atoms. The molecule has 0 atom stereocenters. The maximum Gasteiger partial charge on any atom is 0.128 e. The van der Waals surface area contributed by atoms with Gasteiger partial charge in [-0.25, -0.2) is 0 Å². The Hall–Kier alpha value is -2.48. The lowest BCUT2D eigenvalue weighted by Gasteiger charge is -2.07. The molecule has 0 heterocycles. The predicted octanol–water partition coefficient (Wildman–Crippen LogP) is 4.64. The standard InChI is InChI=1S/C17H14O2/c1-18-15-8-10-16(11-9-15)19-17-7-6-13-4-2-3-5-14(13)12-17/h2-12H,1H3. The highest BCUT2D eigenvalue weighted by Gasteiger charge is 1.99. The first-order chi connectivity index (χ1) is 9.35. The van der Waals surface area contributed by atoms with Crippen molar-refractivity contribution in [2.24, 2.45) is 0 Å². The van der Waals surface area contributed by atoms with Crippen molar-refractivity contribution in [1.82, 2.24) is 0 Å². The molecule has 0 saturated carbocycles. The number of hydrogen-bond acceptors (Lipinski definition) is 2. The summed E-state index contributed by atoms with van der Waals surface area (Å²) >= 11 is 0. The summed E-state index contributed by atoms with van der Waals surface area (Å²) in [5.41, 5.74) is 0. The van der Waals surface area contributed by atoms with Gasteiger partial charge >= 0.3 is 0 Å². The molecule has 0 radical (unpaired) electrons. The minimum absolute atomic E-state index is 0.802. The fourth-order valence-corrected chi connectivity index (χ4v) is 2.01. The van der Waals surface area contributed by atoms with Crippen LogP contribution in [-0.2, 0) is 0 Å². The van der Waals surface area contributed by atoms with Crippen LogP contribution >= 0.6 is 0 Å². The van der Waals surface area contributed by atoms with Crippen molar-refractivity contribution in [1.29, 1.82) is 0 Å². The number of ether oxygens (including phenoxy) is 2. The maximum absolute atomic E-state index is 5.83. The van der Waals surface area contributed by atoms with Gasteiger partial charge in [-0.1, -0.05) is 30.3 Å².